The van der Waals surface area contributed by atoms with Gasteiger partial charge in [0.05, 0.1) is 18.1 Å². The summed E-state index contributed by atoms with van der Waals surface area (Å²) in [7, 11) is 0. The maximum absolute atomic E-state index is 12.5. The Morgan fingerprint density at radius 1 is 1.53 bits per heavy atom. The van der Waals surface area contributed by atoms with Gasteiger partial charge >= 0.3 is 6.18 Å². The fraction of sp³-hybridized carbons (Fsp3) is 0.300. The quantitative estimate of drug-likeness (QED) is 0.813. The molecule has 0 atom stereocenters. The first-order valence-electron chi connectivity index (χ1n) is 4.59. The van der Waals surface area contributed by atoms with Gasteiger partial charge < -0.3 is 5.32 Å². The highest BCUT2D eigenvalue weighted by Gasteiger charge is 2.33. The zero-order valence-electron chi connectivity index (χ0n) is 8.58. The van der Waals surface area contributed by atoms with E-state index in [0.29, 0.717) is 0 Å². The van der Waals surface area contributed by atoms with Gasteiger partial charge in [-0.15, -0.1) is 0 Å². The Kier molecular flexibility index (Phi) is 4.04. The van der Waals surface area contributed by atoms with Gasteiger partial charge in [-0.3, -0.25) is 9.78 Å². The van der Waals surface area contributed by atoms with Crippen LogP contribution >= 0.6 is 0 Å². The molecule has 0 radical (unpaired) electrons. The summed E-state index contributed by atoms with van der Waals surface area (Å²) in [4.78, 5) is 14.7. The van der Waals surface area contributed by atoms with Gasteiger partial charge in [-0.05, 0) is 11.6 Å². The van der Waals surface area contributed by atoms with Gasteiger partial charge in [-0.2, -0.15) is 18.4 Å². The summed E-state index contributed by atoms with van der Waals surface area (Å²) >= 11 is 0. The van der Waals surface area contributed by atoms with Crippen molar-refractivity contribution in [2.45, 2.75) is 12.6 Å². The molecule has 17 heavy (non-hydrogen) atoms. The fourth-order valence-corrected chi connectivity index (χ4v) is 1.22. The maximum Gasteiger partial charge on any atom is 0.416 e. The van der Waals surface area contributed by atoms with Gasteiger partial charge in [0.2, 0.25) is 5.91 Å². The van der Waals surface area contributed by atoms with Crippen molar-refractivity contribution >= 4 is 5.91 Å². The van der Waals surface area contributed by atoms with E-state index in [2.05, 4.69) is 10.3 Å². The lowest BCUT2D eigenvalue weighted by molar-refractivity contribution is -0.138. The second kappa shape index (κ2) is 5.30. The molecule has 0 aliphatic rings. The number of hydrogen-bond acceptors (Lipinski definition) is 3. The van der Waals surface area contributed by atoms with Crippen LogP contribution in [0.3, 0.4) is 0 Å². The SMILES string of the molecule is N#CCNC(=O)Cc1cnccc1C(F)(F)F. The lowest BCUT2D eigenvalue weighted by Gasteiger charge is -2.11. The van der Waals surface area contributed by atoms with Gasteiger partial charge in [-0.1, -0.05) is 0 Å². The number of hydrogen-bond donors (Lipinski definition) is 1. The Balaban J connectivity index is 2.85. The lowest BCUT2D eigenvalue weighted by atomic mass is 10.1. The van der Waals surface area contributed by atoms with E-state index in [1.165, 1.54) is 0 Å². The molecule has 1 rings (SSSR count). The van der Waals surface area contributed by atoms with Crippen molar-refractivity contribution in [2.75, 3.05) is 6.54 Å². The van der Waals surface area contributed by atoms with Crippen molar-refractivity contribution in [2.24, 2.45) is 0 Å². The average molecular weight is 243 g/mol. The van der Waals surface area contributed by atoms with Crippen molar-refractivity contribution in [1.29, 1.82) is 5.26 Å². The summed E-state index contributed by atoms with van der Waals surface area (Å²) in [5, 5.41) is 10.4. The van der Waals surface area contributed by atoms with Crippen LogP contribution in [0.5, 0.6) is 0 Å². The first-order valence-corrected chi connectivity index (χ1v) is 4.59. The second-order valence-electron chi connectivity index (χ2n) is 3.14. The minimum Gasteiger partial charge on any atom is -0.343 e. The molecule has 0 aromatic carbocycles. The van der Waals surface area contributed by atoms with Crippen LogP contribution in [0, 0.1) is 11.3 Å². The Hall–Kier alpha value is -2.10. The van der Waals surface area contributed by atoms with Crippen LogP contribution in [0.4, 0.5) is 13.2 Å². The van der Waals surface area contributed by atoms with Gasteiger partial charge in [0, 0.05) is 12.4 Å². The Labute approximate surface area is 95.1 Å². The van der Waals surface area contributed by atoms with E-state index in [9.17, 15) is 18.0 Å². The molecule has 0 bridgehead atoms. The minimum absolute atomic E-state index is 0.213. The van der Waals surface area contributed by atoms with Crippen LogP contribution in [-0.4, -0.2) is 17.4 Å². The molecule has 7 heteroatoms. The lowest BCUT2D eigenvalue weighted by Crippen LogP contribution is -2.26. The number of carbonyl (C=O) groups excluding carboxylic acids is 1. The number of nitrogens with zero attached hydrogens (tertiary/aromatic N) is 2. The third-order valence-electron chi connectivity index (χ3n) is 1.92. The molecular weight excluding hydrogens is 235 g/mol. The molecule has 1 N–H and O–H groups in total. The van der Waals surface area contributed by atoms with Gasteiger partial charge in [-0.25, -0.2) is 0 Å². The molecule has 0 aliphatic heterocycles. The second-order valence-corrected chi connectivity index (χ2v) is 3.14. The molecule has 1 amide bonds. The molecule has 1 heterocycles. The van der Waals surface area contributed by atoms with Crippen LogP contribution in [0.15, 0.2) is 18.5 Å². The normalized spacial score (nSPS) is 10.7. The van der Waals surface area contributed by atoms with Crippen molar-refractivity contribution in [3.63, 3.8) is 0 Å². The summed E-state index contributed by atoms with van der Waals surface area (Å²) < 4.78 is 37.6. The van der Waals surface area contributed by atoms with E-state index >= 15 is 0 Å². The summed E-state index contributed by atoms with van der Waals surface area (Å²) in [6, 6.07) is 2.47. The highest BCUT2D eigenvalue weighted by atomic mass is 19.4. The van der Waals surface area contributed by atoms with Crippen molar-refractivity contribution in [1.82, 2.24) is 10.3 Å². The molecule has 4 nitrogen and oxygen atoms in total. The monoisotopic (exact) mass is 243 g/mol. The number of aromatic nitrogens is 1. The smallest absolute Gasteiger partial charge is 0.343 e. The third-order valence-corrected chi connectivity index (χ3v) is 1.92. The van der Waals surface area contributed by atoms with E-state index in [1.807, 2.05) is 0 Å². The zero-order chi connectivity index (χ0) is 12.9. The van der Waals surface area contributed by atoms with E-state index in [-0.39, 0.29) is 12.1 Å². The van der Waals surface area contributed by atoms with Crippen LogP contribution in [0.1, 0.15) is 11.1 Å². The third kappa shape index (κ3) is 3.75. The molecule has 0 saturated carbocycles. The number of halogens is 3. The first-order chi connectivity index (χ1) is 7.95. The number of pyridine rings is 1. The summed E-state index contributed by atoms with van der Waals surface area (Å²) in [6.07, 6.45) is -2.97. The molecule has 0 unspecified atom stereocenters. The number of rotatable bonds is 3. The fourth-order valence-electron chi connectivity index (χ4n) is 1.22. The molecular formula is C10H8F3N3O. The molecule has 0 saturated heterocycles. The Morgan fingerprint density at radius 2 is 2.24 bits per heavy atom. The van der Waals surface area contributed by atoms with Crippen LogP contribution < -0.4 is 5.32 Å². The van der Waals surface area contributed by atoms with Crippen molar-refractivity contribution in [3.05, 3.63) is 29.6 Å². The summed E-state index contributed by atoms with van der Waals surface area (Å²) in [5.74, 6) is -0.648. The predicted molar refractivity (Wildman–Crippen MR) is 51.6 cm³/mol. The topological polar surface area (TPSA) is 65.8 Å². The van der Waals surface area contributed by atoms with Gasteiger partial charge in [0.25, 0.3) is 0 Å². The van der Waals surface area contributed by atoms with Crippen molar-refractivity contribution < 1.29 is 18.0 Å². The Morgan fingerprint density at radius 3 is 2.82 bits per heavy atom. The van der Waals surface area contributed by atoms with Gasteiger partial charge in [0.1, 0.15) is 6.54 Å². The van der Waals surface area contributed by atoms with Crippen LogP contribution in [0.25, 0.3) is 0 Å². The van der Waals surface area contributed by atoms with E-state index in [1.54, 1.807) is 6.07 Å². The molecule has 0 spiro atoms. The predicted octanol–water partition coefficient (Wildman–Crippen LogP) is 1.28. The van der Waals surface area contributed by atoms with E-state index < -0.39 is 24.1 Å². The minimum atomic E-state index is -4.52. The molecule has 1 aromatic rings. The molecule has 90 valence electrons. The van der Waals surface area contributed by atoms with Crippen LogP contribution in [0.2, 0.25) is 0 Å². The highest BCUT2D eigenvalue weighted by molar-refractivity contribution is 5.79. The molecule has 1 aromatic heterocycles. The summed E-state index contributed by atoms with van der Waals surface area (Å²) in [6.45, 7) is -0.236. The number of carbonyl (C=O) groups is 1. The number of nitrogens with one attached hydrogen (secondary N) is 1. The molecule has 0 aliphatic carbocycles. The Bertz CT molecular complexity index is 451. The van der Waals surface area contributed by atoms with E-state index in [4.69, 9.17) is 5.26 Å². The standard InChI is InChI=1S/C10H8F3N3O/c11-10(12,13)8-1-3-15-6-7(8)5-9(17)16-4-2-14/h1,3,6H,4-5H2,(H,16,17). The first kappa shape index (κ1) is 13.0. The van der Waals surface area contributed by atoms with Crippen LogP contribution in [-0.2, 0) is 17.4 Å². The highest BCUT2D eigenvalue weighted by Crippen LogP contribution is 2.31. The summed E-state index contributed by atoms with van der Waals surface area (Å²) in [5.41, 5.74) is -1.10. The number of alkyl halides is 3. The maximum atomic E-state index is 12.5. The van der Waals surface area contributed by atoms with E-state index in [0.717, 1.165) is 18.5 Å². The average Bonchev–Trinajstić information content (AvgIpc) is 2.25. The zero-order valence-corrected chi connectivity index (χ0v) is 8.58. The molecule has 0 fully saturated rings. The number of amides is 1. The van der Waals surface area contributed by atoms with Gasteiger partial charge in [0.15, 0.2) is 0 Å². The number of nitriles is 1. The van der Waals surface area contributed by atoms with Crippen molar-refractivity contribution in [3.8, 4) is 6.07 Å². The largest absolute Gasteiger partial charge is 0.416 e.